The second-order valence-corrected chi connectivity index (χ2v) is 6.78. The van der Waals surface area contributed by atoms with Gasteiger partial charge in [-0.05, 0) is 30.0 Å². The van der Waals surface area contributed by atoms with Gasteiger partial charge in [-0.2, -0.15) is 4.98 Å². The van der Waals surface area contributed by atoms with E-state index in [0.29, 0.717) is 35.6 Å². The summed E-state index contributed by atoms with van der Waals surface area (Å²) in [4.78, 5) is 30.8. The van der Waals surface area contributed by atoms with E-state index in [2.05, 4.69) is 10.1 Å². The summed E-state index contributed by atoms with van der Waals surface area (Å²) in [6.07, 6.45) is 0.691. The molecule has 0 aliphatic heterocycles. The molecule has 0 saturated heterocycles. The molecule has 0 atom stereocenters. The van der Waals surface area contributed by atoms with E-state index >= 15 is 0 Å². The lowest BCUT2D eigenvalue weighted by atomic mass is 10.2. The highest BCUT2D eigenvalue weighted by molar-refractivity contribution is 7.13. The van der Waals surface area contributed by atoms with Gasteiger partial charge in [-0.25, -0.2) is 4.79 Å². The van der Waals surface area contributed by atoms with Gasteiger partial charge in [-0.15, -0.1) is 11.3 Å². The SMILES string of the molecule is CCCn1c(=O)c2ccccc2n(Cc2nc(-c3cccs3)no2)c1=O. The van der Waals surface area contributed by atoms with E-state index in [-0.39, 0.29) is 17.8 Å². The Kier molecular flexibility index (Phi) is 4.26. The van der Waals surface area contributed by atoms with Gasteiger partial charge in [0.05, 0.1) is 15.8 Å². The van der Waals surface area contributed by atoms with E-state index in [1.54, 1.807) is 24.3 Å². The quantitative estimate of drug-likeness (QED) is 0.541. The molecule has 8 heteroatoms. The zero-order chi connectivity index (χ0) is 18.1. The van der Waals surface area contributed by atoms with Crippen LogP contribution in [0.3, 0.4) is 0 Å². The van der Waals surface area contributed by atoms with Crippen molar-refractivity contribution in [3.63, 3.8) is 0 Å². The Bertz CT molecular complexity index is 1170. The summed E-state index contributed by atoms with van der Waals surface area (Å²) >= 11 is 1.51. The molecular formula is C18H16N4O3S. The molecule has 4 rings (SSSR count). The molecule has 0 bridgehead atoms. The largest absolute Gasteiger partial charge is 0.337 e. The van der Waals surface area contributed by atoms with Crippen LogP contribution in [0.4, 0.5) is 0 Å². The molecule has 1 aromatic carbocycles. The molecule has 0 unspecified atom stereocenters. The summed E-state index contributed by atoms with van der Waals surface area (Å²) in [5.74, 6) is 0.816. The van der Waals surface area contributed by atoms with Crippen LogP contribution >= 0.6 is 11.3 Å². The first-order chi connectivity index (χ1) is 12.7. The number of aromatic nitrogens is 4. The van der Waals surface area contributed by atoms with Gasteiger partial charge in [0.2, 0.25) is 11.7 Å². The summed E-state index contributed by atoms with van der Waals surface area (Å²) in [6, 6.07) is 10.9. The van der Waals surface area contributed by atoms with Crippen molar-refractivity contribution in [2.45, 2.75) is 26.4 Å². The molecule has 0 radical (unpaired) electrons. The predicted molar refractivity (Wildman–Crippen MR) is 99.5 cm³/mol. The van der Waals surface area contributed by atoms with Crippen molar-refractivity contribution < 1.29 is 4.52 Å². The minimum atomic E-state index is -0.369. The molecule has 4 aromatic rings. The molecular weight excluding hydrogens is 352 g/mol. The number of hydrogen-bond acceptors (Lipinski definition) is 6. The molecule has 0 saturated carbocycles. The summed E-state index contributed by atoms with van der Waals surface area (Å²) in [5.41, 5.74) is -0.0781. The first kappa shape index (κ1) is 16.5. The van der Waals surface area contributed by atoms with Gasteiger partial charge in [0.25, 0.3) is 5.56 Å². The van der Waals surface area contributed by atoms with E-state index in [1.165, 1.54) is 20.5 Å². The van der Waals surface area contributed by atoms with Crippen molar-refractivity contribution in [2.24, 2.45) is 0 Å². The Labute approximate surface area is 152 Å². The molecule has 0 fully saturated rings. The number of rotatable bonds is 5. The van der Waals surface area contributed by atoms with Crippen LogP contribution in [0.1, 0.15) is 19.2 Å². The van der Waals surface area contributed by atoms with E-state index in [4.69, 9.17) is 4.52 Å². The predicted octanol–water partition coefficient (Wildman–Crippen LogP) is 2.73. The second kappa shape index (κ2) is 6.72. The summed E-state index contributed by atoms with van der Waals surface area (Å²) in [6.45, 7) is 2.41. The number of hydrogen-bond donors (Lipinski definition) is 0. The highest BCUT2D eigenvalue weighted by Crippen LogP contribution is 2.21. The summed E-state index contributed by atoms with van der Waals surface area (Å²) in [5, 5.41) is 6.41. The maximum atomic E-state index is 12.9. The van der Waals surface area contributed by atoms with Crippen molar-refractivity contribution in [3.05, 3.63) is 68.5 Å². The van der Waals surface area contributed by atoms with Crippen molar-refractivity contribution >= 4 is 22.2 Å². The normalized spacial score (nSPS) is 11.3. The Hall–Kier alpha value is -3.00. The number of para-hydroxylation sites is 1. The monoisotopic (exact) mass is 368 g/mol. The molecule has 0 N–H and O–H groups in total. The smallest absolute Gasteiger partial charge is 0.331 e. The first-order valence-corrected chi connectivity index (χ1v) is 9.16. The van der Waals surface area contributed by atoms with Gasteiger partial charge in [0.15, 0.2) is 0 Å². The molecule has 132 valence electrons. The van der Waals surface area contributed by atoms with Crippen LogP contribution in [0, 0.1) is 0 Å². The lowest BCUT2D eigenvalue weighted by Crippen LogP contribution is -2.40. The maximum absolute atomic E-state index is 12.9. The molecule has 7 nitrogen and oxygen atoms in total. The maximum Gasteiger partial charge on any atom is 0.331 e. The van der Waals surface area contributed by atoms with Crippen molar-refractivity contribution in [3.8, 4) is 10.7 Å². The molecule has 26 heavy (non-hydrogen) atoms. The zero-order valence-corrected chi connectivity index (χ0v) is 14.9. The minimum absolute atomic E-state index is 0.113. The standard InChI is InChI=1S/C18H16N4O3S/c1-2-9-21-17(23)12-6-3-4-7-13(12)22(18(21)24)11-15-19-16(20-25-15)14-8-5-10-26-14/h3-8,10H,2,9,11H2,1H3. The third-order valence-corrected chi connectivity index (χ3v) is 4.95. The Morgan fingerprint density at radius 3 is 2.73 bits per heavy atom. The first-order valence-electron chi connectivity index (χ1n) is 8.28. The highest BCUT2D eigenvalue weighted by atomic mass is 32.1. The van der Waals surface area contributed by atoms with Crippen molar-refractivity contribution in [1.29, 1.82) is 0 Å². The average molecular weight is 368 g/mol. The molecule has 3 aromatic heterocycles. The summed E-state index contributed by atoms with van der Waals surface area (Å²) in [7, 11) is 0. The topological polar surface area (TPSA) is 82.9 Å². The molecule has 0 spiro atoms. The number of fused-ring (bicyclic) bond motifs is 1. The van der Waals surface area contributed by atoms with Crippen LogP contribution in [0.15, 0.2) is 55.9 Å². The van der Waals surface area contributed by atoms with Gasteiger partial charge in [-0.1, -0.05) is 30.3 Å². The van der Waals surface area contributed by atoms with Gasteiger partial charge < -0.3 is 4.52 Å². The van der Waals surface area contributed by atoms with Gasteiger partial charge >= 0.3 is 5.69 Å². The fraction of sp³-hybridized carbons (Fsp3) is 0.222. The molecule has 0 aliphatic carbocycles. The molecule has 3 heterocycles. The fourth-order valence-electron chi connectivity index (χ4n) is 2.90. The second-order valence-electron chi connectivity index (χ2n) is 5.83. The van der Waals surface area contributed by atoms with Gasteiger partial charge in [0, 0.05) is 6.54 Å². The Balaban J connectivity index is 1.84. The fourth-order valence-corrected chi connectivity index (χ4v) is 3.55. The van der Waals surface area contributed by atoms with Gasteiger partial charge in [0.1, 0.15) is 6.54 Å². The van der Waals surface area contributed by atoms with Crippen LogP contribution in [-0.4, -0.2) is 19.3 Å². The van der Waals surface area contributed by atoms with Crippen LogP contribution in [0.25, 0.3) is 21.6 Å². The molecule has 0 amide bonds. The number of thiophene rings is 1. The minimum Gasteiger partial charge on any atom is -0.337 e. The number of nitrogens with zero attached hydrogens (tertiary/aromatic N) is 4. The van der Waals surface area contributed by atoms with Crippen LogP contribution in [0.2, 0.25) is 0 Å². The van der Waals surface area contributed by atoms with Crippen molar-refractivity contribution in [2.75, 3.05) is 0 Å². The van der Waals surface area contributed by atoms with Crippen LogP contribution in [0.5, 0.6) is 0 Å². The van der Waals surface area contributed by atoms with E-state index in [1.807, 2.05) is 24.4 Å². The van der Waals surface area contributed by atoms with Crippen LogP contribution in [-0.2, 0) is 13.1 Å². The third-order valence-electron chi connectivity index (χ3n) is 4.08. The lowest BCUT2D eigenvalue weighted by molar-refractivity contribution is 0.369. The van der Waals surface area contributed by atoms with E-state index in [9.17, 15) is 9.59 Å². The average Bonchev–Trinajstić information content (AvgIpc) is 3.33. The van der Waals surface area contributed by atoms with Crippen molar-refractivity contribution in [1.82, 2.24) is 19.3 Å². The lowest BCUT2D eigenvalue weighted by Gasteiger charge is -2.12. The summed E-state index contributed by atoms with van der Waals surface area (Å²) < 4.78 is 8.10. The Morgan fingerprint density at radius 1 is 1.12 bits per heavy atom. The number of benzene rings is 1. The molecule has 0 aliphatic rings. The Morgan fingerprint density at radius 2 is 1.96 bits per heavy atom. The van der Waals surface area contributed by atoms with Crippen LogP contribution < -0.4 is 11.2 Å². The van der Waals surface area contributed by atoms with Gasteiger partial charge in [-0.3, -0.25) is 13.9 Å². The van der Waals surface area contributed by atoms with E-state index < -0.39 is 0 Å². The third kappa shape index (κ3) is 2.78. The zero-order valence-electron chi connectivity index (χ0n) is 14.1. The van der Waals surface area contributed by atoms with E-state index in [0.717, 1.165) is 4.88 Å². The highest BCUT2D eigenvalue weighted by Gasteiger charge is 2.16.